The van der Waals surface area contributed by atoms with Crippen LogP contribution in [0.3, 0.4) is 0 Å². The van der Waals surface area contributed by atoms with Gasteiger partial charge in [0.1, 0.15) is 6.04 Å². The second-order valence-corrected chi connectivity index (χ2v) is 4.39. The molecule has 0 saturated carbocycles. The average molecular weight is 228 g/mol. The van der Waals surface area contributed by atoms with Crippen LogP contribution in [0.2, 0.25) is 0 Å². The van der Waals surface area contributed by atoms with Crippen LogP contribution in [0.25, 0.3) is 0 Å². The third-order valence-electron chi connectivity index (χ3n) is 3.01. The molecule has 1 aliphatic heterocycles. The normalized spacial score (nSPS) is 22.7. The van der Waals surface area contributed by atoms with Gasteiger partial charge in [-0.15, -0.1) is 0 Å². The van der Waals surface area contributed by atoms with Crippen molar-refractivity contribution >= 4 is 11.9 Å². The zero-order chi connectivity index (χ0) is 12.3. The smallest absolute Gasteiger partial charge is 0.307 e. The number of rotatable bonds is 3. The average Bonchev–Trinajstić information content (AvgIpc) is 2.24. The van der Waals surface area contributed by atoms with Crippen molar-refractivity contribution in [2.75, 3.05) is 27.2 Å². The Kier molecular flexibility index (Phi) is 4.29. The van der Waals surface area contributed by atoms with Gasteiger partial charge in [-0.25, -0.2) is 0 Å². The minimum atomic E-state index is -0.369. The molecular formula is C11H20N2O3. The van der Waals surface area contributed by atoms with Crippen LogP contribution in [-0.4, -0.2) is 61.0 Å². The Balaban J connectivity index is 2.77. The fourth-order valence-corrected chi connectivity index (χ4v) is 1.99. The highest BCUT2D eigenvalue weighted by atomic mass is 16.5. The third-order valence-corrected chi connectivity index (χ3v) is 3.01. The van der Waals surface area contributed by atoms with Crippen molar-refractivity contribution in [3.8, 4) is 0 Å². The van der Waals surface area contributed by atoms with Crippen molar-refractivity contribution in [2.24, 2.45) is 0 Å². The van der Waals surface area contributed by atoms with Gasteiger partial charge in [-0.2, -0.15) is 0 Å². The molecule has 0 radical (unpaired) electrons. The SMILES string of the molecule is COC(=O)CC1C(=O)N(C)CCN1C(C)C. The highest BCUT2D eigenvalue weighted by Gasteiger charge is 2.35. The standard InChI is InChI=1S/C11H20N2O3/c1-8(2)13-6-5-12(3)11(15)9(13)7-10(14)16-4/h8-9H,5-7H2,1-4H3. The summed E-state index contributed by atoms with van der Waals surface area (Å²) < 4.78 is 4.63. The summed E-state index contributed by atoms with van der Waals surface area (Å²) in [4.78, 5) is 27.0. The predicted octanol–water partition coefficient (Wildman–Crippen LogP) is 0.101. The monoisotopic (exact) mass is 228 g/mol. The van der Waals surface area contributed by atoms with Crippen molar-refractivity contribution in [1.82, 2.24) is 9.80 Å². The number of amides is 1. The number of likely N-dealkylation sites (N-methyl/N-ethyl adjacent to an activating group) is 1. The Morgan fingerprint density at radius 3 is 2.62 bits per heavy atom. The van der Waals surface area contributed by atoms with Crippen LogP contribution >= 0.6 is 0 Å². The summed E-state index contributed by atoms with van der Waals surface area (Å²) in [6.07, 6.45) is 0.137. The van der Waals surface area contributed by atoms with Gasteiger partial charge in [-0.3, -0.25) is 14.5 Å². The molecule has 0 bridgehead atoms. The van der Waals surface area contributed by atoms with Gasteiger partial charge in [0.15, 0.2) is 0 Å². The highest BCUT2D eigenvalue weighted by Crippen LogP contribution is 2.16. The van der Waals surface area contributed by atoms with E-state index in [-0.39, 0.29) is 30.4 Å². The van der Waals surface area contributed by atoms with Crippen LogP contribution in [0, 0.1) is 0 Å². The van der Waals surface area contributed by atoms with Gasteiger partial charge in [0.25, 0.3) is 0 Å². The Labute approximate surface area is 96.3 Å². The number of carbonyl (C=O) groups excluding carboxylic acids is 2. The minimum absolute atomic E-state index is 0.00495. The first kappa shape index (κ1) is 13.0. The molecule has 1 amide bonds. The summed E-state index contributed by atoms with van der Waals surface area (Å²) >= 11 is 0. The molecule has 1 fully saturated rings. The number of hydrogen-bond donors (Lipinski definition) is 0. The number of piperazine rings is 1. The van der Waals surface area contributed by atoms with Gasteiger partial charge >= 0.3 is 5.97 Å². The van der Waals surface area contributed by atoms with Crippen molar-refractivity contribution in [2.45, 2.75) is 32.4 Å². The van der Waals surface area contributed by atoms with Gasteiger partial charge in [0, 0.05) is 26.2 Å². The van der Waals surface area contributed by atoms with E-state index in [4.69, 9.17) is 0 Å². The summed E-state index contributed by atoms with van der Waals surface area (Å²) in [5.74, 6) is -0.329. The molecule has 0 N–H and O–H groups in total. The van der Waals surface area contributed by atoms with E-state index < -0.39 is 0 Å². The molecule has 92 valence electrons. The highest BCUT2D eigenvalue weighted by molar-refractivity contribution is 5.87. The molecule has 0 aromatic heterocycles. The summed E-state index contributed by atoms with van der Waals surface area (Å²) in [5, 5.41) is 0. The van der Waals surface area contributed by atoms with Crippen molar-refractivity contribution in [3.05, 3.63) is 0 Å². The molecule has 16 heavy (non-hydrogen) atoms. The molecule has 0 aromatic carbocycles. The topological polar surface area (TPSA) is 49.9 Å². The lowest BCUT2D eigenvalue weighted by Gasteiger charge is -2.40. The molecule has 1 rings (SSSR count). The molecule has 0 spiro atoms. The Morgan fingerprint density at radius 2 is 2.12 bits per heavy atom. The number of esters is 1. The molecule has 1 heterocycles. The van der Waals surface area contributed by atoms with E-state index in [0.717, 1.165) is 6.54 Å². The Hall–Kier alpha value is -1.10. The zero-order valence-corrected chi connectivity index (χ0v) is 10.4. The predicted molar refractivity (Wildman–Crippen MR) is 59.9 cm³/mol. The van der Waals surface area contributed by atoms with Crippen molar-refractivity contribution < 1.29 is 14.3 Å². The van der Waals surface area contributed by atoms with Crippen LogP contribution < -0.4 is 0 Å². The number of carbonyl (C=O) groups is 2. The lowest BCUT2D eigenvalue weighted by molar-refractivity contribution is -0.151. The van der Waals surface area contributed by atoms with E-state index >= 15 is 0 Å². The van der Waals surface area contributed by atoms with Crippen LogP contribution in [0.1, 0.15) is 20.3 Å². The number of nitrogens with zero attached hydrogens (tertiary/aromatic N) is 2. The molecule has 0 aromatic rings. The van der Waals surface area contributed by atoms with Crippen LogP contribution in [-0.2, 0) is 14.3 Å². The van der Waals surface area contributed by atoms with E-state index in [2.05, 4.69) is 9.64 Å². The first-order valence-corrected chi connectivity index (χ1v) is 5.55. The van der Waals surface area contributed by atoms with Gasteiger partial charge in [0.05, 0.1) is 13.5 Å². The maximum absolute atomic E-state index is 12.0. The van der Waals surface area contributed by atoms with E-state index in [0.29, 0.717) is 6.54 Å². The first-order chi connectivity index (χ1) is 7.47. The Morgan fingerprint density at radius 1 is 1.50 bits per heavy atom. The van der Waals surface area contributed by atoms with Gasteiger partial charge < -0.3 is 9.64 Å². The summed E-state index contributed by atoms with van der Waals surface area (Å²) in [6, 6.07) is -0.112. The largest absolute Gasteiger partial charge is 0.469 e. The lowest BCUT2D eigenvalue weighted by atomic mass is 10.1. The number of ether oxygens (including phenoxy) is 1. The van der Waals surface area contributed by atoms with Gasteiger partial charge in [0.2, 0.25) is 5.91 Å². The molecule has 5 heteroatoms. The minimum Gasteiger partial charge on any atom is -0.469 e. The van der Waals surface area contributed by atoms with Crippen LogP contribution in [0.15, 0.2) is 0 Å². The van der Waals surface area contributed by atoms with Crippen molar-refractivity contribution in [3.63, 3.8) is 0 Å². The first-order valence-electron chi connectivity index (χ1n) is 5.55. The number of hydrogen-bond acceptors (Lipinski definition) is 4. The zero-order valence-electron chi connectivity index (χ0n) is 10.4. The van der Waals surface area contributed by atoms with Crippen LogP contribution in [0.5, 0.6) is 0 Å². The summed E-state index contributed by atoms with van der Waals surface area (Å²) in [6.45, 7) is 5.59. The third kappa shape index (κ3) is 2.72. The van der Waals surface area contributed by atoms with E-state index in [9.17, 15) is 9.59 Å². The number of methoxy groups -OCH3 is 1. The van der Waals surface area contributed by atoms with Gasteiger partial charge in [-0.1, -0.05) is 0 Å². The molecular weight excluding hydrogens is 208 g/mol. The second-order valence-electron chi connectivity index (χ2n) is 4.39. The second kappa shape index (κ2) is 5.30. The fourth-order valence-electron chi connectivity index (χ4n) is 1.99. The Bertz CT molecular complexity index is 278. The van der Waals surface area contributed by atoms with Crippen molar-refractivity contribution in [1.29, 1.82) is 0 Å². The summed E-state index contributed by atoms with van der Waals surface area (Å²) in [7, 11) is 3.11. The molecule has 0 aliphatic carbocycles. The lowest BCUT2D eigenvalue weighted by Crippen LogP contribution is -2.58. The van der Waals surface area contributed by atoms with E-state index in [1.54, 1.807) is 11.9 Å². The quantitative estimate of drug-likeness (QED) is 0.643. The molecule has 1 aliphatic rings. The fraction of sp³-hybridized carbons (Fsp3) is 0.818. The molecule has 5 nitrogen and oxygen atoms in total. The van der Waals surface area contributed by atoms with E-state index in [1.807, 2.05) is 13.8 Å². The molecule has 1 atom stereocenters. The maximum atomic E-state index is 12.0. The molecule has 1 unspecified atom stereocenters. The molecule has 1 saturated heterocycles. The van der Waals surface area contributed by atoms with Gasteiger partial charge in [-0.05, 0) is 13.8 Å². The maximum Gasteiger partial charge on any atom is 0.307 e. The van der Waals surface area contributed by atoms with E-state index in [1.165, 1.54) is 7.11 Å². The summed E-state index contributed by atoms with van der Waals surface area (Å²) in [5.41, 5.74) is 0. The van der Waals surface area contributed by atoms with Crippen LogP contribution in [0.4, 0.5) is 0 Å².